The Balaban J connectivity index is 1.28. The van der Waals surface area contributed by atoms with Crippen LogP contribution in [0.2, 0.25) is 0 Å². The van der Waals surface area contributed by atoms with E-state index < -0.39 is 0 Å². The van der Waals surface area contributed by atoms with Gasteiger partial charge in [-0.25, -0.2) is 0 Å². The molecule has 1 fully saturated rings. The Morgan fingerprint density at radius 2 is 1.91 bits per heavy atom. The van der Waals surface area contributed by atoms with Crippen molar-refractivity contribution in [2.24, 2.45) is 0 Å². The maximum absolute atomic E-state index is 12.8. The number of benzene rings is 2. The molecule has 1 aliphatic heterocycles. The third-order valence-corrected chi connectivity index (χ3v) is 5.50. The number of hydrogen-bond donors (Lipinski definition) is 3. The number of anilines is 2. The molecule has 0 saturated carbocycles. The van der Waals surface area contributed by atoms with Crippen LogP contribution in [0.25, 0.3) is 23.1 Å². The van der Waals surface area contributed by atoms with Crippen molar-refractivity contribution in [1.29, 1.82) is 0 Å². The van der Waals surface area contributed by atoms with Crippen LogP contribution >= 0.6 is 0 Å². The smallest absolute Gasteiger partial charge is 0.253 e. The van der Waals surface area contributed by atoms with E-state index in [-0.39, 0.29) is 12.2 Å². The van der Waals surface area contributed by atoms with Gasteiger partial charge in [-0.1, -0.05) is 18.2 Å². The summed E-state index contributed by atoms with van der Waals surface area (Å²) in [6.45, 7) is 1.69. The average Bonchev–Trinajstić information content (AvgIpc) is 3.53. The Morgan fingerprint density at radius 1 is 1.06 bits per heavy atom. The maximum Gasteiger partial charge on any atom is 0.253 e. The third-order valence-electron chi connectivity index (χ3n) is 5.50. The lowest BCUT2D eigenvalue weighted by molar-refractivity contribution is -0.0455. The number of nitrogens with one attached hydrogen (secondary N) is 3. The number of amides is 1. The van der Waals surface area contributed by atoms with Crippen LogP contribution in [-0.2, 0) is 9.47 Å². The number of H-pyrrole nitrogens is 1. The largest absolute Gasteiger partial charge is 0.355 e. The summed E-state index contributed by atoms with van der Waals surface area (Å²) in [5, 5.41) is 14.8. The van der Waals surface area contributed by atoms with Gasteiger partial charge in [0, 0.05) is 30.2 Å². The summed E-state index contributed by atoms with van der Waals surface area (Å²) < 4.78 is 10.8. The van der Waals surface area contributed by atoms with Crippen molar-refractivity contribution in [2.45, 2.75) is 12.7 Å². The van der Waals surface area contributed by atoms with Crippen LogP contribution in [0.1, 0.15) is 28.2 Å². The molecule has 3 heterocycles. The highest BCUT2D eigenvalue weighted by molar-refractivity contribution is 6.00. The highest BCUT2D eigenvalue weighted by Gasteiger charge is 2.17. The molecule has 0 aliphatic carbocycles. The molecule has 0 radical (unpaired) electrons. The summed E-state index contributed by atoms with van der Waals surface area (Å²) in [4.78, 5) is 17.1. The lowest BCUT2D eigenvalue weighted by atomic mass is 10.1. The van der Waals surface area contributed by atoms with Crippen molar-refractivity contribution in [2.75, 3.05) is 25.1 Å². The minimum atomic E-state index is -0.238. The summed E-state index contributed by atoms with van der Waals surface area (Å²) >= 11 is 0. The van der Waals surface area contributed by atoms with Gasteiger partial charge in [0.25, 0.3) is 5.91 Å². The van der Waals surface area contributed by atoms with Crippen molar-refractivity contribution in [3.63, 3.8) is 0 Å². The predicted molar refractivity (Wildman–Crippen MR) is 132 cm³/mol. The molecule has 0 spiro atoms. The minimum Gasteiger partial charge on any atom is -0.355 e. The van der Waals surface area contributed by atoms with Crippen LogP contribution in [0.3, 0.4) is 0 Å². The summed E-state index contributed by atoms with van der Waals surface area (Å²) in [5.41, 5.74) is 4.74. The fourth-order valence-electron chi connectivity index (χ4n) is 3.80. The van der Waals surface area contributed by atoms with Gasteiger partial charge in [0.2, 0.25) is 0 Å². The zero-order chi connectivity index (χ0) is 23.2. The van der Waals surface area contributed by atoms with E-state index in [0.29, 0.717) is 31.7 Å². The Bertz CT molecular complexity index is 1300. The average molecular weight is 456 g/mol. The van der Waals surface area contributed by atoms with Gasteiger partial charge >= 0.3 is 0 Å². The fraction of sp³-hybridized carbons (Fsp3) is 0.192. The molecule has 8 heteroatoms. The number of para-hydroxylation sites is 1. The van der Waals surface area contributed by atoms with Gasteiger partial charge in [0.15, 0.2) is 6.29 Å². The molecule has 1 aliphatic rings. The molecule has 0 atom stereocenters. The Labute approximate surface area is 197 Å². The highest BCUT2D eigenvalue weighted by atomic mass is 16.7. The van der Waals surface area contributed by atoms with Gasteiger partial charge in [-0.2, -0.15) is 5.10 Å². The van der Waals surface area contributed by atoms with Gasteiger partial charge in [0.05, 0.1) is 41.4 Å². The van der Waals surface area contributed by atoms with Crippen LogP contribution < -0.4 is 10.6 Å². The zero-order valence-electron chi connectivity index (χ0n) is 18.5. The SMILES string of the molecule is O=C(NCCC1OCCO1)c1ccccc1Nc1ccc2c(/C=C/c3ccccn3)n[nH]c2c1. The van der Waals surface area contributed by atoms with E-state index in [2.05, 4.69) is 25.8 Å². The first-order valence-corrected chi connectivity index (χ1v) is 11.2. The molecule has 1 saturated heterocycles. The second-order valence-corrected chi connectivity index (χ2v) is 7.84. The van der Waals surface area contributed by atoms with E-state index >= 15 is 0 Å². The summed E-state index contributed by atoms with van der Waals surface area (Å²) in [6, 6.07) is 19.2. The monoisotopic (exact) mass is 455 g/mol. The Kier molecular flexibility index (Phi) is 6.60. The number of aromatic amines is 1. The number of carbonyl (C=O) groups excluding carboxylic acids is 1. The standard InChI is InChI=1S/C26H25N5O3/c32-26(28-14-12-25-33-15-16-34-25)21-6-1-2-7-22(21)29-19-8-10-20-23(30-31-24(20)17-19)11-9-18-5-3-4-13-27-18/h1-11,13,17,25,29H,12,14-16H2,(H,28,32)(H,30,31)/b11-9+. The highest BCUT2D eigenvalue weighted by Crippen LogP contribution is 2.26. The normalized spacial score (nSPS) is 14.1. The van der Waals surface area contributed by atoms with E-state index in [0.717, 1.165) is 33.7 Å². The van der Waals surface area contributed by atoms with Crippen molar-refractivity contribution >= 4 is 40.3 Å². The molecule has 5 rings (SSSR count). The minimum absolute atomic E-state index is 0.148. The predicted octanol–water partition coefficient (Wildman–Crippen LogP) is 4.36. The lowest BCUT2D eigenvalue weighted by Crippen LogP contribution is -2.28. The Hall–Kier alpha value is -4.01. The van der Waals surface area contributed by atoms with Crippen LogP contribution in [0.5, 0.6) is 0 Å². The fourth-order valence-corrected chi connectivity index (χ4v) is 3.80. The molecule has 2 aromatic heterocycles. The molecule has 0 unspecified atom stereocenters. The zero-order valence-corrected chi connectivity index (χ0v) is 18.5. The number of aromatic nitrogens is 3. The van der Waals surface area contributed by atoms with Gasteiger partial charge < -0.3 is 20.1 Å². The first-order chi connectivity index (χ1) is 16.8. The first-order valence-electron chi connectivity index (χ1n) is 11.2. The van der Waals surface area contributed by atoms with Crippen molar-refractivity contribution < 1.29 is 14.3 Å². The summed E-state index contributed by atoms with van der Waals surface area (Å²) in [7, 11) is 0. The number of fused-ring (bicyclic) bond motifs is 1. The van der Waals surface area contributed by atoms with E-state index in [1.807, 2.05) is 66.7 Å². The molecular weight excluding hydrogens is 430 g/mol. The van der Waals surface area contributed by atoms with Crippen molar-refractivity contribution in [3.8, 4) is 0 Å². The first kappa shape index (κ1) is 21.8. The molecule has 172 valence electrons. The molecule has 3 N–H and O–H groups in total. The van der Waals surface area contributed by atoms with Crippen LogP contribution in [-0.4, -0.2) is 47.1 Å². The number of ether oxygens (including phenoxy) is 2. The number of carbonyl (C=O) groups is 1. The van der Waals surface area contributed by atoms with E-state index in [1.54, 1.807) is 12.3 Å². The van der Waals surface area contributed by atoms with Crippen LogP contribution in [0, 0.1) is 0 Å². The van der Waals surface area contributed by atoms with Gasteiger partial charge in [-0.05, 0) is 54.6 Å². The summed E-state index contributed by atoms with van der Waals surface area (Å²) in [5.74, 6) is -0.148. The van der Waals surface area contributed by atoms with Gasteiger partial charge in [-0.3, -0.25) is 14.9 Å². The maximum atomic E-state index is 12.8. The summed E-state index contributed by atoms with van der Waals surface area (Å²) in [6.07, 6.45) is 6.02. The quantitative estimate of drug-likeness (QED) is 0.365. The van der Waals surface area contributed by atoms with Gasteiger partial charge in [-0.15, -0.1) is 0 Å². The van der Waals surface area contributed by atoms with E-state index in [4.69, 9.17) is 9.47 Å². The van der Waals surface area contributed by atoms with Crippen LogP contribution in [0.15, 0.2) is 66.9 Å². The van der Waals surface area contributed by atoms with Crippen LogP contribution in [0.4, 0.5) is 11.4 Å². The van der Waals surface area contributed by atoms with Gasteiger partial charge in [0.1, 0.15) is 0 Å². The topological polar surface area (TPSA) is 101 Å². The number of hydrogen-bond acceptors (Lipinski definition) is 6. The third kappa shape index (κ3) is 5.14. The van der Waals surface area contributed by atoms with E-state index in [1.165, 1.54) is 0 Å². The van der Waals surface area contributed by atoms with Crippen molar-refractivity contribution in [1.82, 2.24) is 20.5 Å². The molecule has 2 aromatic carbocycles. The molecule has 34 heavy (non-hydrogen) atoms. The second kappa shape index (κ2) is 10.3. The lowest BCUT2D eigenvalue weighted by Gasteiger charge is -2.13. The molecule has 8 nitrogen and oxygen atoms in total. The molecule has 0 bridgehead atoms. The van der Waals surface area contributed by atoms with Crippen molar-refractivity contribution in [3.05, 3.63) is 83.8 Å². The molecule has 1 amide bonds. The Morgan fingerprint density at radius 3 is 2.76 bits per heavy atom. The number of rotatable bonds is 8. The van der Waals surface area contributed by atoms with E-state index in [9.17, 15) is 4.79 Å². The number of pyridine rings is 1. The number of nitrogens with zero attached hydrogens (tertiary/aromatic N) is 2. The molecule has 4 aromatic rings. The second-order valence-electron chi connectivity index (χ2n) is 7.84. The molecular formula is C26H25N5O3.